The van der Waals surface area contributed by atoms with Gasteiger partial charge < -0.3 is 19.3 Å². The lowest BCUT2D eigenvalue weighted by molar-refractivity contribution is -0.238. The lowest BCUT2D eigenvalue weighted by atomic mass is 9.77. The van der Waals surface area contributed by atoms with Gasteiger partial charge in [0.2, 0.25) is 0 Å². The zero-order valence-corrected chi connectivity index (χ0v) is 30.4. The topological polar surface area (TPSA) is 130 Å². The van der Waals surface area contributed by atoms with Crippen molar-refractivity contribution in [2.45, 2.75) is 91.2 Å². The first-order valence-corrected chi connectivity index (χ1v) is 17.3. The van der Waals surface area contributed by atoms with Crippen molar-refractivity contribution < 1.29 is 42.1 Å². The summed E-state index contributed by atoms with van der Waals surface area (Å²) in [7, 11) is 0. The fourth-order valence-electron chi connectivity index (χ4n) is 5.46. The summed E-state index contributed by atoms with van der Waals surface area (Å²) in [5, 5.41) is 19.9. The van der Waals surface area contributed by atoms with Gasteiger partial charge in [0, 0.05) is 17.7 Å². The summed E-state index contributed by atoms with van der Waals surface area (Å²) in [6, 6.07) is 19.3. The summed E-state index contributed by atoms with van der Waals surface area (Å²) in [5.41, 5.74) is -5.18. The van der Waals surface area contributed by atoms with Gasteiger partial charge in [-0.3, -0.25) is 14.4 Å². The number of benzene rings is 3. The van der Waals surface area contributed by atoms with Crippen LogP contribution in [0.5, 0.6) is 5.75 Å². The Kier molecular flexibility index (Phi) is 10.9. The van der Waals surface area contributed by atoms with Crippen LogP contribution in [-0.2, 0) is 33.6 Å². The van der Waals surface area contributed by atoms with Crippen LogP contribution in [0, 0.1) is 5.41 Å². The van der Waals surface area contributed by atoms with Crippen molar-refractivity contribution in [3.8, 4) is 5.75 Å². The molecule has 3 aromatic carbocycles. The fraction of sp³-hybridized carbons (Fsp3) is 0.395. The van der Waals surface area contributed by atoms with E-state index in [1.807, 2.05) is 42.5 Å². The van der Waals surface area contributed by atoms with Crippen molar-refractivity contribution in [3.05, 3.63) is 99.2 Å². The van der Waals surface area contributed by atoms with Crippen LogP contribution in [0.1, 0.15) is 75.2 Å². The monoisotopic (exact) mass is 739 g/mol. The molecule has 1 N–H and O–H groups in total. The minimum atomic E-state index is -4.71. The first-order chi connectivity index (χ1) is 24.2. The normalized spacial score (nSPS) is 14.3. The molecule has 2 unspecified atom stereocenters. The zero-order chi connectivity index (χ0) is 38.1. The zero-order valence-electron chi connectivity index (χ0n) is 29.6. The molecule has 52 heavy (non-hydrogen) atoms. The number of hydrogen-bond donors (Lipinski definition) is 1. The van der Waals surface area contributed by atoms with Gasteiger partial charge in [-0.15, -0.1) is 16.4 Å². The molecule has 0 aliphatic rings. The molecule has 14 heteroatoms. The van der Waals surface area contributed by atoms with E-state index in [4.69, 9.17) is 14.2 Å². The van der Waals surface area contributed by atoms with Crippen LogP contribution in [0.4, 0.5) is 13.2 Å². The number of Topliss-reactive ketones (excluding diaryl/α,β-unsaturated/α-hetero) is 1. The number of carbonyl (C=O) groups is 2. The van der Waals surface area contributed by atoms with Gasteiger partial charge in [-0.25, -0.2) is 4.68 Å². The summed E-state index contributed by atoms with van der Waals surface area (Å²) in [4.78, 5) is 42.0. The number of carbonyl (C=O) groups excluding carboxylic acids is 2. The van der Waals surface area contributed by atoms with Crippen LogP contribution in [0.3, 0.4) is 0 Å². The summed E-state index contributed by atoms with van der Waals surface area (Å²) >= 11 is 1.18. The van der Waals surface area contributed by atoms with E-state index >= 15 is 0 Å². The number of thiophene rings is 1. The van der Waals surface area contributed by atoms with E-state index in [0.29, 0.717) is 18.4 Å². The molecular weight excluding hydrogens is 699 g/mol. The van der Waals surface area contributed by atoms with E-state index in [2.05, 4.69) is 10.3 Å². The molecule has 5 rings (SSSR count). The molecule has 0 fully saturated rings. The van der Waals surface area contributed by atoms with E-state index in [-0.39, 0.29) is 15.8 Å². The van der Waals surface area contributed by atoms with Crippen LogP contribution >= 0.6 is 11.3 Å². The number of esters is 1. The number of nitrogens with zero attached hydrogens (tertiary/aromatic N) is 3. The summed E-state index contributed by atoms with van der Waals surface area (Å²) in [6.07, 6.45) is -7.65. The molecular formula is C38H40F3N3O7S. The number of fused-ring (bicyclic) bond motifs is 2. The minimum absolute atomic E-state index is 0.0580. The second kappa shape index (κ2) is 14.8. The largest absolute Gasteiger partial charge is 0.489 e. The van der Waals surface area contributed by atoms with Crippen LogP contribution in [0.25, 0.3) is 21.0 Å². The van der Waals surface area contributed by atoms with E-state index in [1.54, 1.807) is 53.7 Å². The van der Waals surface area contributed by atoms with Crippen LogP contribution in [-0.4, -0.2) is 49.3 Å². The molecule has 0 radical (unpaired) electrons. The second-order valence-electron chi connectivity index (χ2n) is 14.5. The summed E-state index contributed by atoms with van der Waals surface area (Å²) in [6.45, 7) is 9.74. The Morgan fingerprint density at radius 2 is 1.63 bits per heavy atom. The average Bonchev–Trinajstić information content (AvgIpc) is 3.48. The smallest absolute Gasteiger partial charge is 0.416 e. The van der Waals surface area contributed by atoms with Crippen molar-refractivity contribution in [1.29, 1.82) is 0 Å². The Morgan fingerprint density at radius 3 is 2.29 bits per heavy atom. The Labute approximate surface area is 302 Å². The number of alkyl halides is 3. The molecule has 2 aromatic heterocycles. The quantitative estimate of drug-likeness (QED) is 0.0777. The maximum atomic E-state index is 14.2. The van der Waals surface area contributed by atoms with Crippen molar-refractivity contribution >= 4 is 44.1 Å². The van der Waals surface area contributed by atoms with Crippen LogP contribution in [0.2, 0.25) is 0 Å². The van der Waals surface area contributed by atoms with Gasteiger partial charge in [0.25, 0.3) is 5.56 Å². The highest BCUT2D eigenvalue weighted by atomic mass is 32.1. The van der Waals surface area contributed by atoms with Gasteiger partial charge in [0.1, 0.15) is 28.9 Å². The number of rotatable bonds is 12. The Balaban J connectivity index is 1.51. The molecule has 276 valence electrons. The number of hydrogen-bond acceptors (Lipinski definition) is 10. The molecule has 0 saturated carbocycles. The third-order valence-electron chi connectivity index (χ3n) is 8.05. The fourth-order valence-corrected chi connectivity index (χ4v) is 6.49. The third-order valence-corrected chi connectivity index (χ3v) is 9.19. The maximum absolute atomic E-state index is 14.2. The molecule has 0 amide bonds. The average molecular weight is 740 g/mol. The predicted octanol–water partition coefficient (Wildman–Crippen LogP) is 7.73. The van der Waals surface area contributed by atoms with Gasteiger partial charge in [0.15, 0.2) is 12.1 Å². The van der Waals surface area contributed by atoms with Gasteiger partial charge in [-0.1, -0.05) is 35.5 Å². The maximum Gasteiger partial charge on any atom is 0.416 e. The second-order valence-corrected chi connectivity index (χ2v) is 15.6. The molecule has 0 bridgehead atoms. The molecule has 0 saturated heterocycles. The van der Waals surface area contributed by atoms with Crippen molar-refractivity contribution in [1.82, 2.24) is 15.0 Å². The Bertz CT molecular complexity index is 2140. The van der Waals surface area contributed by atoms with Crippen molar-refractivity contribution in [3.63, 3.8) is 0 Å². The van der Waals surface area contributed by atoms with Gasteiger partial charge >= 0.3 is 12.1 Å². The lowest BCUT2D eigenvalue weighted by Crippen LogP contribution is -2.51. The minimum Gasteiger partial charge on any atom is -0.489 e. The predicted molar refractivity (Wildman–Crippen MR) is 190 cm³/mol. The molecule has 10 nitrogen and oxygen atoms in total. The Morgan fingerprint density at radius 1 is 0.923 bits per heavy atom. The molecule has 0 spiro atoms. The van der Waals surface area contributed by atoms with E-state index in [1.165, 1.54) is 11.3 Å². The number of aliphatic hydroxyl groups excluding tert-OH is 1. The highest BCUT2D eigenvalue weighted by molar-refractivity contribution is 7.20. The highest BCUT2D eigenvalue weighted by Gasteiger charge is 2.51. The molecule has 0 aliphatic heterocycles. The summed E-state index contributed by atoms with van der Waals surface area (Å²) < 4.78 is 59.6. The number of aliphatic hydroxyl groups is 1. The van der Waals surface area contributed by atoms with Crippen LogP contribution in [0.15, 0.2) is 77.6 Å². The van der Waals surface area contributed by atoms with Crippen LogP contribution < -0.4 is 10.3 Å². The highest BCUT2D eigenvalue weighted by Crippen LogP contribution is 2.40. The summed E-state index contributed by atoms with van der Waals surface area (Å²) in [5.74, 6) is -0.885. The number of ether oxygens (including phenoxy) is 3. The molecule has 5 aromatic rings. The van der Waals surface area contributed by atoms with Crippen molar-refractivity contribution in [2.24, 2.45) is 5.41 Å². The van der Waals surface area contributed by atoms with E-state index in [9.17, 15) is 32.7 Å². The van der Waals surface area contributed by atoms with E-state index < -0.39 is 71.3 Å². The Hall–Kier alpha value is -4.66. The first-order valence-electron chi connectivity index (χ1n) is 16.5. The molecule has 0 aliphatic carbocycles. The van der Waals surface area contributed by atoms with E-state index in [0.717, 1.165) is 32.5 Å². The number of halogens is 3. The SMILES string of the molecule is CC(C)(C)OC(=O)C(CCn1nnc2ccc(C(F)(F)F)cc2c1=O)(CC(=O)c1cc2ccc(OCc3ccccc3)cc2s1)C(O)OC(C)(C)C. The lowest BCUT2D eigenvalue weighted by Gasteiger charge is -2.39. The molecule has 2 atom stereocenters. The van der Waals surface area contributed by atoms with Gasteiger partial charge in [-0.05, 0) is 101 Å². The van der Waals surface area contributed by atoms with Gasteiger partial charge in [-0.2, -0.15) is 13.2 Å². The van der Waals surface area contributed by atoms with Gasteiger partial charge in [0.05, 0.1) is 21.4 Å². The number of aromatic nitrogens is 3. The number of ketones is 1. The van der Waals surface area contributed by atoms with Crippen molar-refractivity contribution in [2.75, 3.05) is 0 Å². The molecule has 2 heterocycles. The number of aryl methyl sites for hydroxylation is 1. The third kappa shape index (κ3) is 9.22. The standard InChI is InChI=1S/C38H40F3N3O7S/c1-35(2,3)50-33(47)37(34(48)51-36(4,5)6,16-17-44-32(46)27-19-25(38(39,40)41)13-15-28(27)42-43-44)21-29(45)31-18-24-12-14-26(20-30(24)52-31)49-22-23-10-8-7-9-11-23/h7-15,18-20,33,47H,16-17,21-22H2,1-6H3. The first kappa shape index (κ1) is 38.6.